The molecular formula is C21H23N3O4. The van der Waals surface area contributed by atoms with Crippen molar-refractivity contribution in [2.75, 3.05) is 23.8 Å². The average Bonchev–Trinajstić information content (AvgIpc) is 3.37. The fraction of sp³-hybridized carbons (Fsp3) is 0.333. The van der Waals surface area contributed by atoms with Crippen LogP contribution < -0.4 is 20.7 Å². The summed E-state index contributed by atoms with van der Waals surface area (Å²) in [6, 6.07) is 14.4. The minimum absolute atomic E-state index is 0.104. The van der Waals surface area contributed by atoms with E-state index >= 15 is 0 Å². The number of rotatable bonds is 5. The van der Waals surface area contributed by atoms with Crippen molar-refractivity contribution in [3.63, 3.8) is 0 Å². The highest BCUT2D eigenvalue weighted by molar-refractivity contribution is 5.95. The summed E-state index contributed by atoms with van der Waals surface area (Å²) in [5.74, 6) is 0.572. The normalized spacial score (nSPS) is 20.1. The number of urea groups is 1. The van der Waals surface area contributed by atoms with Crippen molar-refractivity contribution < 1.29 is 19.1 Å². The molecule has 2 unspecified atom stereocenters. The van der Waals surface area contributed by atoms with Crippen LogP contribution in [0.5, 0.6) is 5.75 Å². The Kier molecular flexibility index (Phi) is 5.43. The van der Waals surface area contributed by atoms with E-state index in [1.165, 1.54) is 0 Å². The second-order valence-electron chi connectivity index (χ2n) is 6.95. The standard InChI is InChI=1S/C21H23N3O4/c25-20(19-12-14-4-1-2-6-18(14)28-19)23-15-7-9-16(10-8-15)24-21(26)22-13-17-5-3-11-27-17/h1-2,4,6-10,17,19H,3,5,11-13H2,(H,23,25)(H2,22,24,26). The van der Waals surface area contributed by atoms with Gasteiger partial charge in [0.25, 0.3) is 5.91 Å². The summed E-state index contributed by atoms with van der Waals surface area (Å²) in [6.45, 7) is 1.27. The molecule has 2 aromatic carbocycles. The third-order valence-electron chi connectivity index (χ3n) is 4.86. The van der Waals surface area contributed by atoms with Crippen LogP contribution in [0.2, 0.25) is 0 Å². The number of carbonyl (C=O) groups is 2. The second-order valence-corrected chi connectivity index (χ2v) is 6.95. The maximum absolute atomic E-state index is 12.4. The van der Waals surface area contributed by atoms with E-state index in [2.05, 4.69) is 16.0 Å². The molecule has 7 nitrogen and oxygen atoms in total. The number of hydrogen-bond acceptors (Lipinski definition) is 4. The van der Waals surface area contributed by atoms with Gasteiger partial charge in [0.1, 0.15) is 5.75 Å². The molecule has 146 valence electrons. The molecule has 2 aromatic rings. The van der Waals surface area contributed by atoms with Crippen LogP contribution in [0.25, 0.3) is 0 Å². The van der Waals surface area contributed by atoms with E-state index in [1.807, 2.05) is 24.3 Å². The Labute approximate surface area is 163 Å². The number of nitrogens with one attached hydrogen (secondary N) is 3. The number of carbonyl (C=O) groups excluding carboxylic acids is 2. The van der Waals surface area contributed by atoms with Crippen molar-refractivity contribution >= 4 is 23.3 Å². The van der Waals surface area contributed by atoms with Crippen LogP contribution in [0.3, 0.4) is 0 Å². The van der Waals surface area contributed by atoms with Gasteiger partial charge in [0.15, 0.2) is 6.10 Å². The van der Waals surface area contributed by atoms with Gasteiger partial charge in [0, 0.05) is 30.9 Å². The van der Waals surface area contributed by atoms with Crippen molar-refractivity contribution in [2.24, 2.45) is 0 Å². The van der Waals surface area contributed by atoms with Crippen molar-refractivity contribution in [3.8, 4) is 5.75 Å². The molecule has 28 heavy (non-hydrogen) atoms. The molecule has 7 heteroatoms. The smallest absolute Gasteiger partial charge is 0.319 e. The summed E-state index contributed by atoms with van der Waals surface area (Å²) >= 11 is 0. The van der Waals surface area contributed by atoms with Crippen LogP contribution in [-0.2, 0) is 16.0 Å². The molecule has 2 aliphatic heterocycles. The minimum Gasteiger partial charge on any atom is -0.480 e. The number of hydrogen-bond donors (Lipinski definition) is 3. The van der Waals surface area contributed by atoms with E-state index in [4.69, 9.17) is 9.47 Å². The highest BCUT2D eigenvalue weighted by Crippen LogP contribution is 2.28. The van der Waals surface area contributed by atoms with Gasteiger partial charge in [-0.25, -0.2) is 4.79 Å². The van der Waals surface area contributed by atoms with Crippen molar-refractivity contribution in [1.82, 2.24) is 5.32 Å². The summed E-state index contributed by atoms with van der Waals surface area (Å²) < 4.78 is 11.2. The van der Waals surface area contributed by atoms with Gasteiger partial charge in [-0.05, 0) is 48.7 Å². The zero-order valence-electron chi connectivity index (χ0n) is 15.4. The van der Waals surface area contributed by atoms with Crippen LogP contribution in [-0.4, -0.2) is 37.3 Å². The van der Waals surface area contributed by atoms with E-state index in [0.29, 0.717) is 24.3 Å². The molecule has 3 amide bonds. The van der Waals surface area contributed by atoms with Gasteiger partial charge in [-0.1, -0.05) is 18.2 Å². The lowest BCUT2D eigenvalue weighted by Gasteiger charge is -2.13. The molecule has 2 heterocycles. The predicted octanol–water partition coefficient (Wildman–Crippen LogP) is 2.93. The minimum atomic E-state index is -0.529. The third kappa shape index (κ3) is 4.43. The molecule has 1 saturated heterocycles. The van der Waals surface area contributed by atoms with Crippen LogP contribution in [0.15, 0.2) is 48.5 Å². The van der Waals surface area contributed by atoms with E-state index < -0.39 is 6.10 Å². The van der Waals surface area contributed by atoms with Gasteiger partial charge in [-0.3, -0.25) is 4.79 Å². The number of amides is 3. The first-order valence-corrected chi connectivity index (χ1v) is 9.49. The molecule has 0 spiro atoms. The molecule has 2 aliphatic rings. The Morgan fingerprint density at radius 2 is 1.75 bits per heavy atom. The van der Waals surface area contributed by atoms with Gasteiger partial charge in [-0.2, -0.15) is 0 Å². The number of ether oxygens (including phenoxy) is 2. The van der Waals surface area contributed by atoms with Gasteiger partial charge in [0.2, 0.25) is 0 Å². The van der Waals surface area contributed by atoms with Crippen molar-refractivity contribution in [2.45, 2.75) is 31.5 Å². The molecular weight excluding hydrogens is 358 g/mol. The van der Waals surface area contributed by atoms with Gasteiger partial charge in [0.05, 0.1) is 6.10 Å². The highest BCUT2D eigenvalue weighted by atomic mass is 16.5. The highest BCUT2D eigenvalue weighted by Gasteiger charge is 2.28. The fourth-order valence-electron chi connectivity index (χ4n) is 3.38. The summed E-state index contributed by atoms with van der Waals surface area (Å²) in [6.07, 6.45) is 2.15. The average molecular weight is 381 g/mol. The molecule has 0 aliphatic carbocycles. The third-order valence-corrected chi connectivity index (χ3v) is 4.86. The second kappa shape index (κ2) is 8.31. The van der Waals surface area contributed by atoms with Gasteiger partial charge in [-0.15, -0.1) is 0 Å². The quantitative estimate of drug-likeness (QED) is 0.743. The topological polar surface area (TPSA) is 88.7 Å². The summed E-state index contributed by atoms with van der Waals surface area (Å²) in [5.41, 5.74) is 2.33. The lowest BCUT2D eigenvalue weighted by Crippen LogP contribution is -2.35. The first-order valence-electron chi connectivity index (χ1n) is 9.49. The number of fused-ring (bicyclic) bond motifs is 1. The zero-order chi connectivity index (χ0) is 19.3. The molecule has 0 saturated carbocycles. The Morgan fingerprint density at radius 3 is 2.46 bits per heavy atom. The SMILES string of the molecule is O=C(NCC1CCCO1)Nc1ccc(NC(=O)C2Cc3ccccc3O2)cc1. The van der Waals surface area contributed by atoms with E-state index in [-0.39, 0.29) is 18.0 Å². The molecule has 0 bridgehead atoms. The number of anilines is 2. The maximum atomic E-state index is 12.4. The molecule has 2 atom stereocenters. The first kappa shape index (κ1) is 18.3. The van der Waals surface area contributed by atoms with E-state index in [9.17, 15) is 9.59 Å². The largest absolute Gasteiger partial charge is 0.480 e. The summed E-state index contributed by atoms with van der Waals surface area (Å²) in [4.78, 5) is 24.4. The van der Waals surface area contributed by atoms with Crippen molar-refractivity contribution in [1.29, 1.82) is 0 Å². The van der Waals surface area contributed by atoms with Gasteiger partial charge >= 0.3 is 6.03 Å². The van der Waals surface area contributed by atoms with Crippen LogP contribution in [0, 0.1) is 0 Å². The summed E-state index contributed by atoms with van der Waals surface area (Å²) in [7, 11) is 0. The molecule has 4 rings (SSSR count). The Hall–Kier alpha value is -3.06. The molecule has 3 N–H and O–H groups in total. The lowest BCUT2D eigenvalue weighted by atomic mass is 10.1. The molecule has 0 aromatic heterocycles. The fourth-order valence-corrected chi connectivity index (χ4v) is 3.38. The van der Waals surface area contributed by atoms with Crippen LogP contribution >= 0.6 is 0 Å². The predicted molar refractivity (Wildman–Crippen MR) is 106 cm³/mol. The number of benzene rings is 2. The Balaban J connectivity index is 1.25. The Morgan fingerprint density at radius 1 is 1.00 bits per heavy atom. The molecule has 1 fully saturated rings. The molecule has 0 radical (unpaired) electrons. The Bertz CT molecular complexity index is 822. The zero-order valence-corrected chi connectivity index (χ0v) is 15.4. The summed E-state index contributed by atoms with van der Waals surface area (Å²) in [5, 5.41) is 8.43. The van der Waals surface area contributed by atoms with E-state index in [0.717, 1.165) is 30.8 Å². The monoisotopic (exact) mass is 381 g/mol. The number of para-hydroxylation sites is 1. The maximum Gasteiger partial charge on any atom is 0.319 e. The van der Waals surface area contributed by atoms with Crippen LogP contribution in [0.4, 0.5) is 16.2 Å². The van der Waals surface area contributed by atoms with Crippen molar-refractivity contribution in [3.05, 3.63) is 54.1 Å². The lowest BCUT2D eigenvalue weighted by molar-refractivity contribution is -0.122. The van der Waals surface area contributed by atoms with Gasteiger partial charge < -0.3 is 25.4 Å². The first-order chi connectivity index (χ1) is 13.7. The van der Waals surface area contributed by atoms with Crippen LogP contribution in [0.1, 0.15) is 18.4 Å². The van der Waals surface area contributed by atoms with E-state index in [1.54, 1.807) is 24.3 Å².